The van der Waals surface area contributed by atoms with Gasteiger partial charge in [-0.1, -0.05) is 11.6 Å². The molecule has 13 heteroatoms. The van der Waals surface area contributed by atoms with Gasteiger partial charge in [-0.3, -0.25) is 4.79 Å². The smallest absolute Gasteiger partial charge is 0.340 e. The van der Waals surface area contributed by atoms with Crippen molar-refractivity contribution in [2.45, 2.75) is 30.2 Å². The van der Waals surface area contributed by atoms with Gasteiger partial charge in [0, 0.05) is 19.0 Å². The van der Waals surface area contributed by atoms with Crippen LogP contribution in [0.25, 0.3) is 6.08 Å². The molecule has 2 aliphatic heterocycles. The van der Waals surface area contributed by atoms with Gasteiger partial charge in [0.2, 0.25) is 10.0 Å². The molecule has 1 saturated heterocycles. The summed E-state index contributed by atoms with van der Waals surface area (Å²) in [5.74, 6) is -0.331. The number of allylic oxidation sites excluding steroid dienone is 1. The fourth-order valence-corrected chi connectivity index (χ4v) is 7.15. The second-order valence-electron chi connectivity index (χ2n) is 10.1. The molecule has 0 spiro atoms. The van der Waals surface area contributed by atoms with Gasteiger partial charge in [-0.15, -0.1) is 0 Å². The summed E-state index contributed by atoms with van der Waals surface area (Å²) in [7, 11) is -3.88. The lowest BCUT2D eigenvalue weighted by Crippen LogP contribution is -2.40. The molecule has 1 amide bonds. The van der Waals surface area contributed by atoms with Crippen LogP contribution in [0.5, 0.6) is 0 Å². The molecular weight excluding hydrogens is 586 g/mol. The maximum absolute atomic E-state index is 13.5. The number of nitrogens with zero attached hydrogens (tertiary/aromatic N) is 3. The summed E-state index contributed by atoms with van der Waals surface area (Å²) in [4.78, 5) is 26.4. The van der Waals surface area contributed by atoms with E-state index in [2.05, 4.69) is 0 Å². The van der Waals surface area contributed by atoms with Crippen LogP contribution >= 0.6 is 11.6 Å². The molecule has 4 heterocycles. The highest BCUT2D eigenvalue weighted by molar-refractivity contribution is 7.89. The fourth-order valence-electron chi connectivity index (χ4n) is 5.52. The van der Waals surface area contributed by atoms with Gasteiger partial charge in [0.1, 0.15) is 17.6 Å². The van der Waals surface area contributed by atoms with Crippen LogP contribution in [0.1, 0.15) is 47.2 Å². The molecule has 42 heavy (non-hydrogen) atoms. The van der Waals surface area contributed by atoms with Crippen LogP contribution in [0.3, 0.4) is 0 Å². The Labute approximate surface area is 247 Å². The van der Waals surface area contributed by atoms with Crippen molar-refractivity contribution >= 4 is 45.3 Å². The number of morpholine rings is 1. The van der Waals surface area contributed by atoms with Crippen LogP contribution in [0.4, 0.5) is 0 Å². The first-order valence-electron chi connectivity index (χ1n) is 13.6. The van der Waals surface area contributed by atoms with Gasteiger partial charge in [-0.2, -0.15) is 9.41 Å². The molecule has 0 bridgehead atoms. The molecule has 2 aromatic heterocycles. The number of carbonyl (C=O) groups excluding carboxylic acids is 2. The number of amides is 1. The van der Waals surface area contributed by atoms with Gasteiger partial charge in [0.15, 0.2) is 6.61 Å². The maximum Gasteiger partial charge on any atom is 0.340 e. The van der Waals surface area contributed by atoms with Crippen LogP contribution in [0.2, 0.25) is 5.02 Å². The molecule has 0 N–H and O–H groups in total. The molecule has 6 rings (SSSR count). The van der Waals surface area contributed by atoms with Crippen molar-refractivity contribution in [1.82, 2.24) is 9.31 Å². The number of hydrogen-bond acceptors (Lipinski definition) is 9. The van der Waals surface area contributed by atoms with E-state index in [4.69, 9.17) is 35.0 Å². The maximum atomic E-state index is 13.5. The SMILES string of the molecule is O=C(OCC(=O)N1N=C2C(=Cc3ccco3)CCCC2C1c1ccco1)c1cc(S(=O)(=O)N2CCOCC2)ccc1Cl. The lowest BCUT2D eigenvalue weighted by atomic mass is 9.79. The van der Waals surface area contributed by atoms with Crippen molar-refractivity contribution in [3.05, 3.63) is 82.7 Å². The fraction of sp³-hybridized carbons (Fsp3) is 0.345. The minimum absolute atomic E-state index is 0.00183. The van der Waals surface area contributed by atoms with E-state index in [1.807, 2.05) is 12.1 Å². The Balaban J connectivity index is 1.22. The summed E-state index contributed by atoms with van der Waals surface area (Å²) in [5.41, 5.74) is 1.57. The van der Waals surface area contributed by atoms with Crippen LogP contribution in [0, 0.1) is 5.92 Å². The van der Waals surface area contributed by atoms with Crippen LogP contribution in [-0.2, 0) is 24.3 Å². The van der Waals surface area contributed by atoms with E-state index in [0.29, 0.717) is 11.5 Å². The Bertz CT molecular complexity index is 1630. The molecule has 2 atom stereocenters. The first-order chi connectivity index (χ1) is 20.3. The standard InChI is InChI=1S/C29H28ClN3O8S/c30-24-9-8-21(42(36,37)32-10-14-38-15-11-32)17-23(24)29(35)41-18-26(34)33-28(25-7-3-13-40-25)22-6-1-4-19(27(22)31-33)16-20-5-2-12-39-20/h2-3,5,7-9,12-13,16-17,22,28H,1,4,6,10-11,14-15,18H2. The van der Waals surface area contributed by atoms with Gasteiger partial charge in [0.25, 0.3) is 5.91 Å². The molecule has 3 aromatic rings. The van der Waals surface area contributed by atoms with Crippen molar-refractivity contribution in [3.8, 4) is 0 Å². The number of carbonyl (C=O) groups is 2. The Morgan fingerprint density at radius 3 is 2.62 bits per heavy atom. The van der Waals surface area contributed by atoms with E-state index >= 15 is 0 Å². The number of furan rings is 2. The Hall–Kier alpha value is -3.71. The average molecular weight is 614 g/mol. The normalized spacial score (nSPS) is 22.2. The highest BCUT2D eigenvalue weighted by atomic mass is 35.5. The Morgan fingerprint density at radius 1 is 1.10 bits per heavy atom. The van der Waals surface area contributed by atoms with Crippen molar-refractivity contribution in [1.29, 1.82) is 0 Å². The number of hydrogen-bond donors (Lipinski definition) is 0. The molecule has 3 aliphatic rings. The largest absolute Gasteiger partial charge is 0.467 e. The zero-order chi connectivity index (χ0) is 29.3. The zero-order valence-electron chi connectivity index (χ0n) is 22.5. The van der Waals surface area contributed by atoms with E-state index in [0.717, 1.165) is 30.5 Å². The first kappa shape index (κ1) is 28.4. The highest BCUT2D eigenvalue weighted by Crippen LogP contribution is 2.44. The average Bonchev–Trinajstić information content (AvgIpc) is 3.78. The monoisotopic (exact) mass is 613 g/mol. The predicted octanol–water partition coefficient (Wildman–Crippen LogP) is 4.53. The number of rotatable bonds is 7. The van der Waals surface area contributed by atoms with Gasteiger partial charge in [-0.05, 0) is 73.4 Å². The third-order valence-corrected chi connectivity index (χ3v) is 9.77. The molecule has 2 unspecified atom stereocenters. The number of halogens is 1. The minimum Gasteiger partial charge on any atom is -0.467 e. The van der Waals surface area contributed by atoms with Crippen LogP contribution in [0.15, 0.2) is 79.4 Å². The first-order valence-corrected chi connectivity index (χ1v) is 15.4. The van der Waals surface area contributed by atoms with E-state index in [9.17, 15) is 18.0 Å². The van der Waals surface area contributed by atoms with Gasteiger partial charge < -0.3 is 18.3 Å². The molecule has 220 valence electrons. The molecular formula is C29H28ClN3O8S. The molecule has 2 fully saturated rings. The van der Waals surface area contributed by atoms with Gasteiger partial charge in [-0.25, -0.2) is 18.2 Å². The summed E-state index contributed by atoms with van der Waals surface area (Å²) < 4.78 is 49.3. The van der Waals surface area contributed by atoms with E-state index in [1.165, 1.54) is 27.5 Å². The Kier molecular flexibility index (Phi) is 8.04. The topological polar surface area (TPSA) is 132 Å². The number of fused-ring (bicyclic) bond motifs is 1. The van der Waals surface area contributed by atoms with Gasteiger partial charge >= 0.3 is 5.97 Å². The van der Waals surface area contributed by atoms with E-state index in [-0.39, 0.29) is 47.7 Å². The molecule has 1 saturated carbocycles. The second kappa shape index (κ2) is 11.9. The van der Waals surface area contributed by atoms with Gasteiger partial charge in [0.05, 0.1) is 46.9 Å². The summed E-state index contributed by atoms with van der Waals surface area (Å²) in [6.45, 7) is 0.338. The summed E-state index contributed by atoms with van der Waals surface area (Å²) in [6, 6.07) is 10.5. The number of esters is 1. The molecule has 1 aromatic carbocycles. The van der Waals surface area contributed by atoms with E-state index < -0.39 is 34.5 Å². The number of ether oxygens (including phenoxy) is 2. The number of sulfonamides is 1. The predicted molar refractivity (Wildman–Crippen MR) is 151 cm³/mol. The third-order valence-electron chi connectivity index (χ3n) is 7.54. The second-order valence-corrected chi connectivity index (χ2v) is 12.4. The molecule has 0 radical (unpaired) electrons. The highest BCUT2D eigenvalue weighted by Gasteiger charge is 2.45. The van der Waals surface area contributed by atoms with Crippen molar-refractivity contribution in [2.75, 3.05) is 32.9 Å². The summed E-state index contributed by atoms with van der Waals surface area (Å²) in [5, 5.41) is 6.01. The minimum atomic E-state index is -3.88. The quantitative estimate of drug-likeness (QED) is 0.355. The lowest BCUT2D eigenvalue weighted by Gasteiger charge is -2.27. The van der Waals surface area contributed by atoms with E-state index in [1.54, 1.807) is 30.7 Å². The summed E-state index contributed by atoms with van der Waals surface area (Å²) in [6.07, 6.45) is 7.53. The molecule has 11 nitrogen and oxygen atoms in total. The van der Waals surface area contributed by atoms with Crippen molar-refractivity contribution < 1.29 is 36.3 Å². The number of benzene rings is 1. The zero-order valence-corrected chi connectivity index (χ0v) is 24.1. The van der Waals surface area contributed by atoms with Crippen LogP contribution in [-0.4, -0.2) is 68.2 Å². The Morgan fingerprint density at radius 2 is 1.88 bits per heavy atom. The van der Waals surface area contributed by atoms with Crippen LogP contribution < -0.4 is 0 Å². The van der Waals surface area contributed by atoms with Crippen molar-refractivity contribution in [3.63, 3.8) is 0 Å². The van der Waals surface area contributed by atoms with Crippen molar-refractivity contribution in [2.24, 2.45) is 11.0 Å². The molecule has 1 aliphatic carbocycles. The lowest BCUT2D eigenvalue weighted by molar-refractivity contribution is -0.137. The third kappa shape index (κ3) is 5.54. The number of hydrazone groups is 1. The summed E-state index contributed by atoms with van der Waals surface area (Å²) >= 11 is 6.24.